The molecular weight excluding hydrogens is 427 g/mol. The molecule has 0 radical (unpaired) electrons. The molecule has 0 saturated heterocycles. The third kappa shape index (κ3) is 3.76. The maximum Gasteiger partial charge on any atom is 0.282 e. The normalized spacial score (nSPS) is 15.2. The van der Waals surface area contributed by atoms with Crippen molar-refractivity contribution >= 4 is 28.8 Å². The molecule has 0 aliphatic carbocycles. The molecule has 1 N–H and O–H groups in total. The van der Waals surface area contributed by atoms with Gasteiger partial charge in [-0.05, 0) is 42.0 Å². The van der Waals surface area contributed by atoms with E-state index in [0.717, 1.165) is 4.90 Å². The molecule has 0 bridgehead atoms. The first-order valence-electron chi connectivity index (χ1n) is 10.2. The number of imide groups is 1. The molecule has 2 heterocycles. The molecule has 7 nitrogen and oxygen atoms in total. The van der Waals surface area contributed by atoms with Gasteiger partial charge < -0.3 is 19.5 Å². The van der Waals surface area contributed by atoms with Gasteiger partial charge in [0.05, 0.1) is 18.4 Å². The number of nitrogens with zero attached hydrogens (tertiary/aromatic N) is 1. The summed E-state index contributed by atoms with van der Waals surface area (Å²) in [6, 6.07) is 17.3. The Morgan fingerprint density at radius 3 is 2.42 bits per heavy atom. The van der Waals surface area contributed by atoms with E-state index in [0.29, 0.717) is 47.4 Å². The van der Waals surface area contributed by atoms with Crippen molar-refractivity contribution in [2.24, 2.45) is 0 Å². The average Bonchev–Trinajstić information content (AvgIpc) is 3.08. The number of carbonyl (C=O) groups is 2. The molecule has 0 saturated carbocycles. The van der Waals surface area contributed by atoms with E-state index in [9.17, 15) is 14.0 Å². The lowest BCUT2D eigenvalue weighted by molar-refractivity contribution is -0.120. The third-order valence-electron chi connectivity index (χ3n) is 5.34. The number of rotatable bonds is 5. The van der Waals surface area contributed by atoms with Gasteiger partial charge in [0.2, 0.25) is 0 Å². The maximum atomic E-state index is 13.5. The van der Waals surface area contributed by atoms with Gasteiger partial charge in [0, 0.05) is 17.8 Å². The van der Waals surface area contributed by atoms with Gasteiger partial charge in [0.1, 0.15) is 30.5 Å². The molecule has 0 unspecified atom stereocenters. The fraction of sp³-hybridized carbons (Fsp3) is 0.120. The van der Waals surface area contributed by atoms with Crippen LogP contribution in [0.25, 0.3) is 5.57 Å². The zero-order valence-corrected chi connectivity index (χ0v) is 17.6. The summed E-state index contributed by atoms with van der Waals surface area (Å²) in [7, 11) is 1.50. The zero-order chi connectivity index (χ0) is 22.9. The highest BCUT2D eigenvalue weighted by Gasteiger charge is 2.40. The van der Waals surface area contributed by atoms with Crippen LogP contribution in [0.5, 0.6) is 17.2 Å². The van der Waals surface area contributed by atoms with Gasteiger partial charge in [0.15, 0.2) is 11.5 Å². The van der Waals surface area contributed by atoms with Crippen molar-refractivity contribution < 1.29 is 28.2 Å². The predicted octanol–water partition coefficient (Wildman–Crippen LogP) is 4.00. The summed E-state index contributed by atoms with van der Waals surface area (Å²) in [6.07, 6.45) is 0. The van der Waals surface area contributed by atoms with Crippen LogP contribution in [-0.2, 0) is 9.59 Å². The van der Waals surface area contributed by atoms with E-state index in [1.807, 2.05) is 0 Å². The number of halogens is 1. The summed E-state index contributed by atoms with van der Waals surface area (Å²) in [5, 5.41) is 3.07. The number of amides is 2. The van der Waals surface area contributed by atoms with Crippen molar-refractivity contribution in [3.05, 3.63) is 83.8 Å². The summed E-state index contributed by atoms with van der Waals surface area (Å²) < 4.78 is 29.9. The van der Waals surface area contributed by atoms with Crippen molar-refractivity contribution in [3.63, 3.8) is 0 Å². The number of hydrogen-bond donors (Lipinski definition) is 1. The fourth-order valence-corrected chi connectivity index (χ4v) is 3.78. The first-order valence-corrected chi connectivity index (χ1v) is 10.2. The Morgan fingerprint density at radius 2 is 1.67 bits per heavy atom. The molecule has 2 aliphatic rings. The van der Waals surface area contributed by atoms with E-state index in [1.165, 1.54) is 31.4 Å². The number of benzene rings is 3. The van der Waals surface area contributed by atoms with Crippen molar-refractivity contribution in [1.29, 1.82) is 0 Å². The van der Waals surface area contributed by atoms with Gasteiger partial charge in [-0.25, -0.2) is 9.29 Å². The van der Waals surface area contributed by atoms with Crippen LogP contribution >= 0.6 is 0 Å². The Kier molecular flexibility index (Phi) is 5.18. The fourth-order valence-electron chi connectivity index (χ4n) is 3.78. The largest absolute Gasteiger partial charge is 0.497 e. The summed E-state index contributed by atoms with van der Waals surface area (Å²) in [6.45, 7) is 0.878. The van der Waals surface area contributed by atoms with Gasteiger partial charge in [-0.3, -0.25) is 9.59 Å². The Labute approximate surface area is 189 Å². The van der Waals surface area contributed by atoms with Crippen molar-refractivity contribution in [3.8, 4) is 17.2 Å². The molecule has 5 rings (SSSR count). The molecular formula is C25H19FN2O5. The summed E-state index contributed by atoms with van der Waals surface area (Å²) in [4.78, 5) is 28.0. The number of carbonyl (C=O) groups excluding carboxylic acids is 2. The number of ether oxygens (including phenoxy) is 3. The molecule has 2 amide bonds. The summed E-state index contributed by atoms with van der Waals surface area (Å²) >= 11 is 0. The highest BCUT2D eigenvalue weighted by atomic mass is 19.1. The predicted molar refractivity (Wildman–Crippen MR) is 120 cm³/mol. The molecule has 0 atom stereocenters. The van der Waals surface area contributed by atoms with Gasteiger partial charge in [-0.2, -0.15) is 0 Å². The van der Waals surface area contributed by atoms with Crippen molar-refractivity contribution in [2.45, 2.75) is 0 Å². The van der Waals surface area contributed by atoms with Crippen LogP contribution in [0.4, 0.5) is 15.8 Å². The van der Waals surface area contributed by atoms with E-state index >= 15 is 0 Å². The zero-order valence-electron chi connectivity index (χ0n) is 17.6. The van der Waals surface area contributed by atoms with Crippen LogP contribution in [0, 0.1) is 5.82 Å². The Bertz CT molecular complexity index is 1290. The van der Waals surface area contributed by atoms with Gasteiger partial charge in [-0.15, -0.1) is 0 Å². The lowest BCUT2D eigenvalue weighted by Gasteiger charge is -2.19. The average molecular weight is 446 g/mol. The second-order valence-corrected chi connectivity index (χ2v) is 7.39. The minimum atomic E-state index is -0.539. The standard InChI is InChI=1S/C25H19FN2O5/c1-31-19-4-2-3-18(14-19)28-24(29)22(15-5-7-16(26)8-6-15)23(25(28)30)27-17-9-10-20-21(13-17)33-12-11-32-20/h2-10,13-14,27H,11-12H2,1H3. The van der Waals surface area contributed by atoms with Crippen molar-refractivity contribution in [2.75, 3.05) is 30.5 Å². The maximum absolute atomic E-state index is 13.5. The topological polar surface area (TPSA) is 77.1 Å². The van der Waals surface area contributed by atoms with E-state index in [4.69, 9.17) is 14.2 Å². The molecule has 3 aromatic carbocycles. The number of hydrogen-bond acceptors (Lipinski definition) is 6. The molecule has 2 aliphatic heterocycles. The van der Waals surface area contributed by atoms with Gasteiger partial charge >= 0.3 is 0 Å². The highest BCUT2D eigenvalue weighted by Crippen LogP contribution is 2.37. The van der Waals surface area contributed by atoms with Crippen LogP contribution < -0.4 is 24.4 Å². The van der Waals surface area contributed by atoms with Crippen LogP contribution in [-0.4, -0.2) is 32.1 Å². The van der Waals surface area contributed by atoms with Gasteiger partial charge in [0.25, 0.3) is 11.8 Å². The number of anilines is 2. The van der Waals surface area contributed by atoms with Crippen LogP contribution in [0.1, 0.15) is 5.56 Å². The van der Waals surface area contributed by atoms with E-state index in [2.05, 4.69) is 5.32 Å². The first kappa shape index (κ1) is 20.6. The third-order valence-corrected chi connectivity index (χ3v) is 5.34. The molecule has 8 heteroatoms. The Balaban J connectivity index is 1.58. The molecule has 33 heavy (non-hydrogen) atoms. The Hall–Kier alpha value is -4.33. The van der Waals surface area contributed by atoms with E-state index in [1.54, 1.807) is 42.5 Å². The SMILES string of the molecule is COc1cccc(N2C(=O)C(Nc3ccc4c(c3)OCCO4)=C(c3ccc(F)cc3)C2=O)c1. The second kappa shape index (κ2) is 8.31. The van der Waals surface area contributed by atoms with Crippen LogP contribution in [0.2, 0.25) is 0 Å². The lowest BCUT2D eigenvalue weighted by atomic mass is 10.0. The molecule has 3 aromatic rings. The molecule has 166 valence electrons. The summed E-state index contributed by atoms with van der Waals surface area (Å²) in [5.74, 6) is 0.136. The van der Waals surface area contributed by atoms with Crippen molar-refractivity contribution in [1.82, 2.24) is 0 Å². The number of methoxy groups -OCH3 is 1. The highest BCUT2D eigenvalue weighted by molar-refractivity contribution is 6.46. The summed E-state index contributed by atoms with van der Waals surface area (Å²) in [5.41, 5.74) is 1.54. The first-order chi connectivity index (χ1) is 16.0. The quantitative estimate of drug-likeness (QED) is 0.597. The number of fused-ring (bicyclic) bond motifs is 1. The molecule has 0 aromatic heterocycles. The smallest absolute Gasteiger partial charge is 0.282 e. The lowest BCUT2D eigenvalue weighted by Crippen LogP contribution is -2.32. The minimum Gasteiger partial charge on any atom is -0.497 e. The minimum absolute atomic E-state index is 0.0751. The molecule has 0 spiro atoms. The van der Waals surface area contributed by atoms with E-state index < -0.39 is 17.6 Å². The number of nitrogens with one attached hydrogen (secondary N) is 1. The van der Waals surface area contributed by atoms with Gasteiger partial charge in [-0.1, -0.05) is 18.2 Å². The van der Waals surface area contributed by atoms with E-state index in [-0.39, 0.29) is 11.3 Å². The second-order valence-electron chi connectivity index (χ2n) is 7.39. The molecule has 0 fully saturated rings. The Morgan fingerprint density at radius 1 is 0.909 bits per heavy atom. The van der Waals surface area contributed by atoms with Crippen LogP contribution in [0.15, 0.2) is 72.4 Å². The van der Waals surface area contributed by atoms with Crippen LogP contribution in [0.3, 0.4) is 0 Å². The monoisotopic (exact) mass is 446 g/mol.